The maximum atomic E-state index is 11.0. The molecule has 0 aliphatic rings. The molecule has 0 spiro atoms. The summed E-state index contributed by atoms with van der Waals surface area (Å²) in [6.45, 7) is 2.10. The first-order valence-corrected chi connectivity index (χ1v) is 8.54. The largest absolute Gasteiger partial charge is 0.368 e. The van der Waals surface area contributed by atoms with Crippen molar-refractivity contribution >= 4 is 22.8 Å². The number of nitrogens with two attached hydrogens (primary N) is 1. The molecule has 3 aromatic heterocycles. The second-order valence-corrected chi connectivity index (χ2v) is 6.43. The molecule has 0 bridgehead atoms. The number of hydrogen-bond donors (Lipinski definition) is 1. The molecule has 4 aromatic rings. The normalized spacial score (nSPS) is 10.8. The van der Waals surface area contributed by atoms with Crippen LogP contribution in [0.4, 0.5) is 11.6 Å². The molecular formula is C19H14N8O2. The summed E-state index contributed by atoms with van der Waals surface area (Å²) in [6.07, 6.45) is 4.65. The van der Waals surface area contributed by atoms with Crippen LogP contribution in [0.5, 0.6) is 0 Å². The van der Waals surface area contributed by atoms with Crippen molar-refractivity contribution in [3.63, 3.8) is 0 Å². The zero-order valence-corrected chi connectivity index (χ0v) is 15.3. The fraction of sp³-hybridized carbons (Fsp3) is 0.105. The number of rotatable bonds is 4. The van der Waals surface area contributed by atoms with Gasteiger partial charge in [0.15, 0.2) is 5.65 Å². The smallest absolute Gasteiger partial charge is 0.272 e. The number of aromatic nitrogens is 5. The number of nitro groups is 1. The Hall–Kier alpha value is -4.39. The number of nitrogens with zero attached hydrogens (tertiary/aromatic N) is 7. The van der Waals surface area contributed by atoms with Crippen LogP contribution in [0.2, 0.25) is 0 Å². The third-order valence-corrected chi connectivity index (χ3v) is 4.43. The Morgan fingerprint density at radius 2 is 2.10 bits per heavy atom. The van der Waals surface area contributed by atoms with E-state index in [0.29, 0.717) is 40.1 Å². The van der Waals surface area contributed by atoms with Gasteiger partial charge in [0.05, 0.1) is 23.4 Å². The Kier molecular flexibility index (Phi) is 4.33. The predicted octanol–water partition coefficient (Wildman–Crippen LogP) is 2.61. The minimum atomic E-state index is -0.407. The van der Waals surface area contributed by atoms with Crippen molar-refractivity contribution in [3.8, 4) is 17.3 Å². The number of aryl methyl sites for hydroxylation is 1. The van der Waals surface area contributed by atoms with E-state index in [4.69, 9.17) is 11.0 Å². The molecule has 0 unspecified atom stereocenters. The molecule has 0 saturated carbocycles. The van der Waals surface area contributed by atoms with Crippen LogP contribution in [0.15, 0.2) is 43.0 Å². The van der Waals surface area contributed by atoms with Crippen molar-refractivity contribution in [3.05, 3.63) is 69.8 Å². The zero-order valence-electron chi connectivity index (χ0n) is 15.3. The van der Waals surface area contributed by atoms with E-state index in [-0.39, 0.29) is 11.6 Å². The number of fused-ring (bicyclic) bond motifs is 1. The van der Waals surface area contributed by atoms with Crippen LogP contribution >= 0.6 is 0 Å². The number of imidazole rings is 1. The Morgan fingerprint density at radius 1 is 1.28 bits per heavy atom. The van der Waals surface area contributed by atoms with Gasteiger partial charge in [0, 0.05) is 29.6 Å². The Labute approximate surface area is 164 Å². The summed E-state index contributed by atoms with van der Waals surface area (Å²) >= 11 is 0. The average Bonchev–Trinajstić information content (AvgIpc) is 3.09. The monoisotopic (exact) mass is 386 g/mol. The molecule has 0 atom stereocenters. The van der Waals surface area contributed by atoms with E-state index < -0.39 is 4.92 Å². The summed E-state index contributed by atoms with van der Waals surface area (Å²) in [6, 6.07) is 8.64. The van der Waals surface area contributed by atoms with Gasteiger partial charge in [0.1, 0.15) is 17.3 Å². The molecule has 0 saturated heterocycles. The lowest BCUT2D eigenvalue weighted by molar-refractivity contribution is -0.385. The molecule has 10 nitrogen and oxygen atoms in total. The lowest BCUT2D eigenvalue weighted by atomic mass is 10.1. The summed E-state index contributed by atoms with van der Waals surface area (Å²) in [5, 5.41) is 20.1. The van der Waals surface area contributed by atoms with E-state index in [0.717, 1.165) is 5.56 Å². The van der Waals surface area contributed by atoms with Crippen molar-refractivity contribution in [2.45, 2.75) is 13.5 Å². The fourth-order valence-electron chi connectivity index (χ4n) is 3.13. The number of benzene rings is 1. The molecule has 0 fully saturated rings. The molecule has 0 radical (unpaired) electrons. The Balaban J connectivity index is 1.78. The summed E-state index contributed by atoms with van der Waals surface area (Å²) < 4.78 is 1.79. The maximum absolute atomic E-state index is 11.0. The summed E-state index contributed by atoms with van der Waals surface area (Å²) in [5.74, 6) is 0.0662. The van der Waals surface area contributed by atoms with Crippen LogP contribution in [-0.4, -0.2) is 29.4 Å². The van der Waals surface area contributed by atoms with Crippen LogP contribution in [0.1, 0.15) is 16.7 Å². The van der Waals surface area contributed by atoms with E-state index in [1.807, 2.05) is 6.07 Å². The van der Waals surface area contributed by atoms with Gasteiger partial charge in [-0.05, 0) is 24.6 Å². The molecule has 4 rings (SSSR count). The minimum absolute atomic E-state index is 0.0662. The van der Waals surface area contributed by atoms with Gasteiger partial charge in [-0.15, -0.1) is 0 Å². The van der Waals surface area contributed by atoms with Crippen LogP contribution in [0, 0.1) is 28.4 Å². The summed E-state index contributed by atoms with van der Waals surface area (Å²) in [4.78, 5) is 27.7. The van der Waals surface area contributed by atoms with Crippen molar-refractivity contribution < 1.29 is 4.92 Å². The summed E-state index contributed by atoms with van der Waals surface area (Å²) in [7, 11) is 0. The number of hydrogen-bond acceptors (Lipinski definition) is 8. The molecular weight excluding hydrogens is 372 g/mol. The number of pyridine rings is 1. The highest BCUT2D eigenvalue weighted by atomic mass is 16.6. The number of nitrogen functional groups attached to an aromatic ring is 1. The lowest BCUT2D eigenvalue weighted by Gasteiger charge is -2.07. The third-order valence-electron chi connectivity index (χ3n) is 4.43. The van der Waals surface area contributed by atoms with Gasteiger partial charge in [-0.2, -0.15) is 10.2 Å². The van der Waals surface area contributed by atoms with E-state index in [1.54, 1.807) is 42.2 Å². The van der Waals surface area contributed by atoms with E-state index >= 15 is 0 Å². The first-order chi connectivity index (χ1) is 14.0. The molecule has 3 heterocycles. The third kappa shape index (κ3) is 3.32. The average molecular weight is 386 g/mol. The predicted molar refractivity (Wildman–Crippen MR) is 105 cm³/mol. The highest BCUT2D eigenvalue weighted by Gasteiger charge is 2.16. The molecule has 10 heteroatoms. The molecule has 1 aromatic carbocycles. The minimum Gasteiger partial charge on any atom is -0.368 e. The van der Waals surface area contributed by atoms with Crippen LogP contribution in [0.25, 0.3) is 22.4 Å². The standard InChI is InChI=1S/C19H14N8O2/c1-11-4-12(2-3-15(11)27(28)29)9-26-10-23-17-16(24-19(21)25-18(17)26)14-5-13(6-20)7-22-8-14/h2-5,7-8,10H,9H2,1H3,(H2,21,24,25). The van der Waals surface area contributed by atoms with Gasteiger partial charge >= 0.3 is 0 Å². The quantitative estimate of drug-likeness (QED) is 0.415. The van der Waals surface area contributed by atoms with Crippen LogP contribution in [-0.2, 0) is 6.54 Å². The van der Waals surface area contributed by atoms with Gasteiger partial charge in [-0.1, -0.05) is 6.07 Å². The van der Waals surface area contributed by atoms with Crippen molar-refractivity contribution in [2.24, 2.45) is 0 Å². The molecule has 2 N–H and O–H groups in total. The van der Waals surface area contributed by atoms with Crippen LogP contribution < -0.4 is 5.73 Å². The van der Waals surface area contributed by atoms with Crippen LogP contribution in [0.3, 0.4) is 0 Å². The van der Waals surface area contributed by atoms with E-state index in [9.17, 15) is 10.1 Å². The van der Waals surface area contributed by atoms with Gasteiger partial charge < -0.3 is 10.3 Å². The Bertz CT molecular complexity index is 1310. The van der Waals surface area contributed by atoms with E-state index in [2.05, 4.69) is 19.9 Å². The first kappa shape index (κ1) is 18.0. The van der Waals surface area contributed by atoms with Gasteiger partial charge in [0.25, 0.3) is 5.69 Å². The number of anilines is 1. The van der Waals surface area contributed by atoms with Gasteiger partial charge in [0.2, 0.25) is 5.95 Å². The zero-order chi connectivity index (χ0) is 20.5. The van der Waals surface area contributed by atoms with Crippen molar-refractivity contribution in [1.29, 1.82) is 5.26 Å². The lowest BCUT2D eigenvalue weighted by Crippen LogP contribution is -2.04. The highest BCUT2D eigenvalue weighted by Crippen LogP contribution is 2.27. The van der Waals surface area contributed by atoms with Gasteiger partial charge in [-0.25, -0.2) is 9.97 Å². The SMILES string of the molecule is Cc1cc(Cn2cnc3c(-c4cncc(C#N)c4)nc(N)nc32)ccc1[N+](=O)[O-]. The van der Waals surface area contributed by atoms with Crippen molar-refractivity contribution in [1.82, 2.24) is 24.5 Å². The molecule has 0 aliphatic heterocycles. The highest BCUT2D eigenvalue weighted by molar-refractivity contribution is 5.88. The first-order valence-electron chi connectivity index (χ1n) is 8.54. The molecule has 29 heavy (non-hydrogen) atoms. The number of nitriles is 1. The molecule has 142 valence electrons. The molecule has 0 amide bonds. The number of nitro benzene ring substituents is 1. The second kappa shape index (κ2) is 6.97. The van der Waals surface area contributed by atoms with E-state index in [1.165, 1.54) is 12.3 Å². The maximum Gasteiger partial charge on any atom is 0.272 e. The van der Waals surface area contributed by atoms with Gasteiger partial charge in [-0.3, -0.25) is 15.1 Å². The topological polar surface area (TPSA) is 149 Å². The molecule has 0 aliphatic carbocycles. The van der Waals surface area contributed by atoms with Crippen molar-refractivity contribution in [2.75, 3.05) is 5.73 Å². The fourth-order valence-corrected chi connectivity index (χ4v) is 3.13. The second-order valence-electron chi connectivity index (χ2n) is 6.43. The summed E-state index contributed by atoms with van der Waals surface area (Å²) in [5.41, 5.74) is 9.95. The Morgan fingerprint density at radius 3 is 2.83 bits per heavy atom.